The number of hydrogen-bond donors (Lipinski definition) is 0. The lowest BCUT2D eigenvalue weighted by Crippen LogP contribution is -2.42. The highest BCUT2D eigenvalue weighted by Crippen LogP contribution is 2.32. The first-order valence-corrected chi connectivity index (χ1v) is 10.2. The number of halogens is 3. The van der Waals surface area contributed by atoms with Gasteiger partial charge in [0.1, 0.15) is 5.75 Å². The van der Waals surface area contributed by atoms with Crippen LogP contribution in [0.1, 0.15) is 30.4 Å². The first kappa shape index (κ1) is 21.0. The predicted molar refractivity (Wildman–Crippen MR) is 113 cm³/mol. The maximum Gasteiger partial charge on any atom is 0.573 e. The van der Waals surface area contributed by atoms with Crippen LogP contribution in [0.2, 0.25) is 0 Å². The molecule has 3 aromatic rings. The average molecular weight is 425 g/mol. The van der Waals surface area contributed by atoms with Gasteiger partial charge in [0.25, 0.3) is 0 Å². The maximum atomic E-state index is 12.4. The molecular formula is C24H22F3N3O. The van der Waals surface area contributed by atoms with E-state index in [-0.39, 0.29) is 5.75 Å². The van der Waals surface area contributed by atoms with Crippen LogP contribution in [0.3, 0.4) is 0 Å². The number of fused-ring (bicyclic) bond motifs is 1. The van der Waals surface area contributed by atoms with E-state index in [1.807, 2.05) is 36.4 Å². The van der Waals surface area contributed by atoms with Crippen molar-refractivity contribution in [3.8, 4) is 11.8 Å². The minimum absolute atomic E-state index is 0.220. The first-order chi connectivity index (χ1) is 14.9. The fraction of sp³-hybridized carbons (Fsp3) is 0.292. The number of hydrogen-bond acceptors (Lipinski definition) is 4. The molecule has 160 valence electrons. The molecule has 7 heteroatoms. The molecule has 4 rings (SSSR count). The van der Waals surface area contributed by atoms with Crippen LogP contribution in [0.15, 0.2) is 60.7 Å². The maximum absolute atomic E-state index is 12.4. The number of rotatable bonds is 4. The van der Waals surface area contributed by atoms with E-state index >= 15 is 0 Å². The molecule has 1 aliphatic rings. The molecule has 1 heterocycles. The lowest BCUT2D eigenvalue weighted by molar-refractivity contribution is -0.274. The standard InChI is InChI=1S/C24H22F3N3O/c25-24(26,27)31-20-11-8-18(9-12-20)17-29-14-4-1-5-15-30(29)23-13-10-19(16-28)21-6-2-3-7-22(21)23/h2-3,6-13H,1,4-5,14-15,17H2. The van der Waals surface area contributed by atoms with Crippen molar-refractivity contribution in [1.82, 2.24) is 5.01 Å². The Balaban J connectivity index is 1.63. The van der Waals surface area contributed by atoms with Crippen LogP contribution in [0.4, 0.5) is 18.9 Å². The molecule has 0 spiro atoms. The third kappa shape index (κ3) is 4.92. The largest absolute Gasteiger partial charge is 0.573 e. The van der Waals surface area contributed by atoms with Gasteiger partial charge in [-0.1, -0.05) is 42.8 Å². The molecule has 0 aliphatic carbocycles. The van der Waals surface area contributed by atoms with Gasteiger partial charge in [-0.3, -0.25) is 0 Å². The van der Waals surface area contributed by atoms with E-state index in [1.165, 1.54) is 12.1 Å². The zero-order valence-electron chi connectivity index (χ0n) is 16.9. The highest BCUT2D eigenvalue weighted by atomic mass is 19.4. The molecule has 0 unspecified atom stereocenters. The Morgan fingerprint density at radius 2 is 1.58 bits per heavy atom. The van der Waals surface area contributed by atoms with Gasteiger partial charge < -0.3 is 9.75 Å². The summed E-state index contributed by atoms with van der Waals surface area (Å²) in [4.78, 5) is 0. The monoisotopic (exact) mass is 425 g/mol. The van der Waals surface area contributed by atoms with Gasteiger partial charge in [0.2, 0.25) is 0 Å². The van der Waals surface area contributed by atoms with Gasteiger partial charge in [0, 0.05) is 30.4 Å². The summed E-state index contributed by atoms with van der Waals surface area (Å²) in [7, 11) is 0. The van der Waals surface area contributed by atoms with Crippen molar-refractivity contribution in [3.05, 3.63) is 71.8 Å². The van der Waals surface area contributed by atoms with Crippen molar-refractivity contribution in [2.24, 2.45) is 0 Å². The van der Waals surface area contributed by atoms with Gasteiger partial charge in [0.05, 0.1) is 17.3 Å². The Morgan fingerprint density at radius 1 is 0.871 bits per heavy atom. The van der Waals surface area contributed by atoms with Crippen molar-refractivity contribution in [3.63, 3.8) is 0 Å². The molecule has 0 bridgehead atoms. The van der Waals surface area contributed by atoms with E-state index in [1.54, 1.807) is 12.1 Å². The summed E-state index contributed by atoms with van der Waals surface area (Å²) in [6.07, 6.45) is -1.50. The molecule has 0 aromatic heterocycles. The molecule has 1 saturated heterocycles. The Hall–Kier alpha value is -3.24. The topological polar surface area (TPSA) is 39.5 Å². The van der Waals surface area contributed by atoms with Crippen molar-refractivity contribution in [1.29, 1.82) is 5.26 Å². The van der Waals surface area contributed by atoms with Gasteiger partial charge in [-0.2, -0.15) is 5.26 Å². The van der Waals surface area contributed by atoms with Crippen molar-refractivity contribution in [2.45, 2.75) is 32.2 Å². The van der Waals surface area contributed by atoms with Crippen LogP contribution in [0.25, 0.3) is 10.8 Å². The third-order valence-corrected chi connectivity index (χ3v) is 5.45. The van der Waals surface area contributed by atoms with Gasteiger partial charge in [-0.05, 0) is 42.7 Å². The summed E-state index contributed by atoms with van der Waals surface area (Å²) >= 11 is 0. The van der Waals surface area contributed by atoms with E-state index < -0.39 is 6.36 Å². The molecule has 4 nitrogen and oxygen atoms in total. The molecule has 0 amide bonds. The summed E-state index contributed by atoms with van der Waals surface area (Å²) in [6.45, 7) is 2.25. The second-order valence-electron chi connectivity index (χ2n) is 7.55. The van der Waals surface area contributed by atoms with Crippen LogP contribution in [0.5, 0.6) is 5.75 Å². The second-order valence-corrected chi connectivity index (χ2v) is 7.55. The van der Waals surface area contributed by atoms with Gasteiger partial charge in [-0.15, -0.1) is 13.2 Å². The number of alkyl halides is 3. The zero-order chi connectivity index (χ0) is 21.8. The summed E-state index contributed by atoms with van der Waals surface area (Å²) < 4.78 is 41.2. The smallest absolute Gasteiger partial charge is 0.406 e. The summed E-state index contributed by atoms with van der Waals surface area (Å²) in [5.74, 6) is -0.220. The minimum atomic E-state index is -4.69. The Kier molecular flexibility index (Phi) is 6.01. The minimum Gasteiger partial charge on any atom is -0.406 e. The van der Waals surface area contributed by atoms with Crippen molar-refractivity contribution >= 4 is 16.5 Å². The van der Waals surface area contributed by atoms with Crippen LogP contribution < -0.4 is 9.75 Å². The Bertz CT molecular complexity index is 1090. The normalized spacial score (nSPS) is 15.5. The fourth-order valence-corrected chi connectivity index (χ4v) is 4.05. The summed E-state index contributed by atoms with van der Waals surface area (Å²) in [5.41, 5.74) is 2.58. The Morgan fingerprint density at radius 3 is 2.29 bits per heavy atom. The molecule has 0 saturated carbocycles. The average Bonchev–Trinajstić information content (AvgIpc) is 2.98. The van der Waals surface area contributed by atoms with Gasteiger partial charge in [0.15, 0.2) is 0 Å². The van der Waals surface area contributed by atoms with E-state index in [0.29, 0.717) is 12.1 Å². The number of hydrazine groups is 1. The first-order valence-electron chi connectivity index (χ1n) is 10.2. The zero-order valence-corrected chi connectivity index (χ0v) is 16.9. The second kappa shape index (κ2) is 8.86. The van der Waals surface area contributed by atoms with Crippen LogP contribution in [-0.2, 0) is 6.54 Å². The van der Waals surface area contributed by atoms with Gasteiger partial charge >= 0.3 is 6.36 Å². The third-order valence-electron chi connectivity index (χ3n) is 5.45. The fourth-order valence-electron chi connectivity index (χ4n) is 4.05. The van der Waals surface area contributed by atoms with Crippen molar-refractivity contribution in [2.75, 3.05) is 18.1 Å². The van der Waals surface area contributed by atoms with Crippen LogP contribution >= 0.6 is 0 Å². The quantitative estimate of drug-likeness (QED) is 0.513. The number of nitriles is 1. The highest BCUT2D eigenvalue weighted by molar-refractivity contribution is 5.97. The summed E-state index contributed by atoms with van der Waals surface area (Å²) in [5, 5.41) is 15.9. The molecule has 31 heavy (non-hydrogen) atoms. The van der Waals surface area contributed by atoms with E-state index in [0.717, 1.165) is 54.4 Å². The molecule has 1 fully saturated rings. The molecule has 0 atom stereocenters. The number of nitrogens with zero attached hydrogens (tertiary/aromatic N) is 3. The van der Waals surface area contributed by atoms with Crippen LogP contribution in [-0.4, -0.2) is 24.5 Å². The molecular weight excluding hydrogens is 403 g/mol. The van der Waals surface area contributed by atoms with E-state index in [2.05, 4.69) is 20.8 Å². The number of anilines is 1. The highest BCUT2D eigenvalue weighted by Gasteiger charge is 2.31. The molecule has 1 aliphatic heterocycles. The number of benzene rings is 3. The molecule has 0 radical (unpaired) electrons. The van der Waals surface area contributed by atoms with E-state index in [9.17, 15) is 18.4 Å². The lowest BCUT2D eigenvalue weighted by atomic mass is 10.0. The van der Waals surface area contributed by atoms with Crippen molar-refractivity contribution < 1.29 is 17.9 Å². The molecule has 3 aromatic carbocycles. The predicted octanol–water partition coefficient (Wildman–Crippen LogP) is 6.02. The lowest BCUT2D eigenvalue weighted by Gasteiger charge is -2.36. The SMILES string of the molecule is N#Cc1ccc(N2CCCCCN2Cc2ccc(OC(F)(F)F)cc2)c2ccccc12. The Labute approximate surface area is 179 Å². The number of ether oxygens (including phenoxy) is 1. The van der Waals surface area contributed by atoms with E-state index in [4.69, 9.17) is 0 Å². The van der Waals surface area contributed by atoms with Gasteiger partial charge in [-0.25, -0.2) is 5.01 Å². The van der Waals surface area contributed by atoms with Crippen LogP contribution in [0, 0.1) is 11.3 Å². The summed E-state index contributed by atoms with van der Waals surface area (Å²) in [6, 6.07) is 20.0. The molecule has 0 N–H and O–H groups in total.